The minimum Gasteiger partial charge on any atom is -0.477 e. The van der Waals surface area contributed by atoms with E-state index in [0.717, 1.165) is 12.1 Å². The number of nitrogens with one attached hydrogen (secondary N) is 1. The molecular formula is C15H9F3N2O4. The predicted molar refractivity (Wildman–Crippen MR) is 77.5 cm³/mol. The molecule has 0 radical (unpaired) electrons. The van der Waals surface area contributed by atoms with Gasteiger partial charge in [0.25, 0.3) is 5.56 Å². The summed E-state index contributed by atoms with van der Waals surface area (Å²) < 4.78 is 41.5. The highest BCUT2D eigenvalue weighted by Crippen LogP contribution is 2.24. The van der Waals surface area contributed by atoms with Gasteiger partial charge in [-0.25, -0.2) is 4.79 Å². The number of aromatic amines is 1. The highest BCUT2D eigenvalue weighted by atomic mass is 19.4. The fourth-order valence-corrected chi connectivity index (χ4v) is 2.29. The van der Waals surface area contributed by atoms with Crippen LogP contribution >= 0.6 is 0 Å². The van der Waals surface area contributed by atoms with Gasteiger partial charge in [-0.2, -0.15) is 0 Å². The van der Waals surface area contributed by atoms with Crippen LogP contribution in [0.4, 0.5) is 13.2 Å². The number of alkyl halides is 3. The van der Waals surface area contributed by atoms with E-state index in [0.29, 0.717) is 5.39 Å². The first-order valence-electron chi connectivity index (χ1n) is 6.59. The summed E-state index contributed by atoms with van der Waals surface area (Å²) in [6.45, 7) is 0. The third kappa shape index (κ3) is 2.96. The first kappa shape index (κ1) is 15.7. The van der Waals surface area contributed by atoms with E-state index in [-0.39, 0.29) is 17.0 Å². The van der Waals surface area contributed by atoms with E-state index in [1.165, 1.54) is 34.9 Å². The van der Waals surface area contributed by atoms with Gasteiger partial charge in [0.2, 0.25) is 0 Å². The summed E-state index contributed by atoms with van der Waals surface area (Å²) in [5.41, 5.74) is -0.0875. The quantitative estimate of drug-likeness (QED) is 0.769. The zero-order valence-corrected chi connectivity index (χ0v) is 11.8. The van der Waals surface area contributed by atoms with E-state index in [1.807, 2.05) is 0 Å². The molecule has 3 aromatic rings. The van der Waals surface area contributed by atoms with Gasteiger partial charge in [-0.05, 0) is 36.4 Å². The number of fused-ring (bicyclic) bond motifs is 1. The lowest BCUT2D eigenvalue weighted by atomic mass is 10.2. The number of halogens is 3. The van der Waals surface area contributed by atoms with Crippen molar-refractivity contribution in [2.24, 2.45) is 0 Å². The van der Waals surface area contributed by atoms with Crippen molar-refractivity contribution < 1.29 is 27.8 Å². The molecule has 0 atom stereocenters. The van der Waals surface area contributed by atoms with Crippen LogP contribution in [0.15, 0.2) is 47.3 Å². The lowest BCUT2D eigenvalue weighted by Crippen LogP contribution is -2.18. The SMILES string of the molecule is O=C(O)c1cc2ccc(=O)n(-c3ccc(OC(F)(F)F)cc3)c2[nH]1. The summed E-state index contributed by atoms with van der Waals surface area (Å²) in [6, 6.07) is 8.71. The summed E-state index contributed by atoms with van der Waals surface area (Å²) in [7, 11) is 0. The molecule has 3 rings (SSSR count). The number of hydrogen-bond acceptors (Lipinski definition) is 3. The number of ether oxygens (including phenoxy) is 1. The summed E-state index contributed by atoms with van der Waals surface area (Å²) >= 11 is 0. The number of carboxylic acid groups (broad SMARTS) is 1. The highest BCUT2D eigenvalue weighted by molar-refractivity contribution is 5.93. The van der Waals surface area contributed by atoms with Crippen LogP contribution in [0, 0.1) is 0 Å². The zero-order valence-electron chi connectivity index (χ0n) is 11.8. The standard InChI is InChI=1S/C15H9F3N2O4/c16-15(17,18)24-10-4-2-9(3-5-10)20-12(21)6-1-8-7-11(14(22)23)19-13(8)20/h1-7,19H,(H,22,23). The molecule has 9 heteroatoms. The van der Waals surface area contributed by atoms with Crippen molar-refractivity contribution in [3.05, 3.63) is 58.5 Å². The number of rotatable bonds is 3. The third-order valence-corrected chi connectivity index (χ3v) is 3.23. The van der Waals surface area contributed by atoms with E-state index in [9.17, 15) is 22.8 Å². The third-order valence-electron chi connectivity index (χ3n) is 3.23. The van der Waals surface area contributed by atoms with E-state index in [4.69, 9.17) is 5.11 Å². The zero-order chi connectivity index (χ0) is 17.5. The van der Waals surface area contributed by atoms with Gasteiger partial charge in [0, 0.05) is 11.5 Å². The minimum absolute atomic E-state index is 0.110. The molecule has 0 bridgehead atoms. The molecule has 1 aromatic carbocycles. The molecule has 2 aromatic heterocycles. The molecule has 0 saturated carbocycles. The van der Waals surface area contributed by atoms with Crippen LogP contribution in [-0.4, -0.2) is 27.0 Å². The van der Waals surface area contributed by atoms with Crippen LogP contribution in [0.5, 0.6) is 5.75 Å². The molecule has 6 nitrogen and oxygen atoms in total. The van der Waals surface area contributed by atoms with Crippen LogP contribution in [0.3, 0.4) is 0 Å². The summed E-state index contributed by atoms with van der Waals surface area (Å²) in [5, 5.41) is 9.49. The smallest absolute Gasteiger partial charge is 0.477 e. The summed E-state index contributed by atoms with van der Waals surface area (Å²) in [4.78, 5) is 25.8. The molecule has 0 aliphatic heterocycles. The van der Waals surface area contributed by atoms with Crippen LogP contribution in [-0.2, 0) is 0 Å². The lowest BCUT2D eigenvalue weighted by molar-refractivity contribution is -0.274. The number of benzene rings is 1. The van der Waals surface area contributed by atoms with Crippen molar-refractivity contribution in [1.29, 1.82) is 0 Å². The molecule has 124 valence electrons. The molecule has 2 heterocycles. The van der Waals surface area contributed by atoms with Gasteiger partial charge < -0.3 is 14.8 Å². The molecular weight excluding hydrogens is 329 g/mol. The second-order valence-electron chi connectivity index (χ2n) is 4.84. The normalized spacial score (nSPS) is 11.6. The maximum Gasteiger partial charge on any atom is 0.573 e. The van der Waals surface area contributed by atoms with Crippen LogP contribution in [0.2, 0.25) is 0 Å². The number of aromatic nitrogens is 2. The van der Waals surface area contributed by atoms with Crippen molar-refractivity contribution in [2.75, 3.05) is 0 Å². The molecule has 2 N–H and O–H groups in total. The van der Waals surface area contributed by atoms with Crippen LogP contribution in [0.25, 0.3) is 16.7 Å². The van der Waals surface area contributed by atoms with Gasteiger partial charge in [-0.1, -0.05) is 0 Å². The minimum atomic E-state index is -4.81. The Kier molecular flexibility index (Phi) is 3.55. The van der Waals surface area contributed by atoms with E-state index >= 15 is 0 Å². The van der Waals surface area contributed by atoms with Crippen molar-refractivity contribution >= 4 is 17.0 Å². The molecule has 0 aliphatic carbocycles. The predicted octanol–water partition coefficient (Wildman–Crippen LogP) is 2.92. The summed E-state index contributed by atoms with van der Waals surface area (Å²) in [5.74, 6) is -1.62. The van der Waals surface area contributed by atoms with Gasteiger partial charge in [0.15, 0.2) is 0 Å². The molecule has 0 aliphatic rings. The number of pyridine rings is 1. The number of aromatic carboxylic acids is 1. The Morgan fingerprint density at radius 1 is 1.12 bits per heavy atom. The Labute approximate surface area is 131 Å². The number of carbonyl (C=O) groups is 1. The maximum absolute atomic E-state index is 12.2. The first-order chi connectivity index (χ1) is 11.2. The van der Waals surface area contributed by atoms with Crippen molar-refractivity contribution in [3.8, 4) is 11.4 Å². The fourth-order valence-electron chi connectivity index (χ4n) is 2.29. The first-order valence-corrected chi connectivity index (χ1v) is 6.59. The van der Waals surface area contributed by atoms with Gasteiger partial charge in [0.05, 0.1) is 5.69 Å². The van der Waals surface area contributed by atoms with Gasteiger partial charge in [-0.3, -0.25) is 9.36 Å². The molecule has 0 unspecified atom stereocenters. The van der Waals surface area contributed by atoms with Crippen molar-refractivity contribution in [1.82, 2.24) is 9.55 Å². The number of hydrogen-bond donors (Lipinski definition) is 2. The molecule has 0 fully saturated rings. The molecule has 0 spiro atoms. The molecule has 0 amide bonds. The average Bonchev–Trinajstić information content (AvgIpc) is 2.91. The Morgan fingerprint density at radius 3 is 2.38 bits per heavy atom. The Bertz CT molecular complexity index is 971. The monoisotopic (exact) mass is 338 g/mol. The molecule has 0 saturated heterocycles. The topological polar surface area (TPSA) is 84.3 Å². The second kappa shape index (κ2) is 5.44. The Hall–Kier alpha value is -3.23. The largest absolute Gasteiger partial charge is 0.573 e. The van der Waals surface area contributed by atoms with Gasteiger partial charge >= 0.3 is 12.3 Å². The number of nitrogens with zero attached hydrogens (tertiary/aromatic N) is 1. The van der Waals surface area contributed by atoms with E-state index in [2.05, 4.69) is 9.72 Å². The summed E-state index contributed by atoms with van der Waals surface area (Å²) in [6.07, 6.45) is -4.81. The lowest BCUT2D eigenvalue weighted by Gasteiger charge is -2.11. The maximum atomic E-state index is 12.2. The number of H-pyrrole nitrogens is 1. The van der Waals surface area contributed by atoms with Crippen LogP contribution in [0.1, 0.15) is 10.5 Å². The van der Waals surface area contributed by atoms with Crippen molar-refractivity contribution in [2.45, 2.75) is 6.36 Å². The van der Waals surface area contributed by atoms with Crippen LogP contribution < -0.4 is 10.3 Å². The van der Waals surface area contributed by atoms with E-state index in [1.54, 1.807) is 0 Å². The number of carboxylic acids is 1. The molecule has 24 heavy (non-hydrogen) atoms. The average molecular weight is 338 g/mol. The second-order valence-corrected chi connectivity index (χ2v) is 4.84. The van der Waals surface area contributed by atoms with Gasteiger partial charge in [0.1, 0.15) is 17.1 Å². The van der Waals surface area contributed by atoms with Crippen molar-refractivity contribution in [3.63, 3.8) is 0 Å². The fraction of sp³-hybridized carbons (Fsp3) is 0.0667. The van der Waals surface area contributed by atoms with E-state index < -0.39 is 23.6 Å². The Morgan fingerprint density at radius 2 is 1.79 bits per heavy atom. The van der Waals surface area contributed by atoms with Gasteiger partial charge in [-0.15, -0.1) is 13.2 Å². The highest BCUT2D eigenvalue weighted by Gasteiger charge is 2.31. The Balaban J connectivity index is 2.10.